The summed E-state index contributed by atoms with van der Waals surface area (Å²) >= 11 is 0. The number of likely N-dealkylation sites (tertiary alicyclic amines) is 1. The Kier molecular flexibility index (Phi) is 6.06. The van der Waals surface area contributed by atoms with Gasteiger partial charge in [0.2, 0.25) is 5.95 Å². The van der Waals surface area contributed by atoms with Crippen LogP contribution < -0.4 is 5.32 Å². The van der Waals surface area contributed by atoms with Crippen LogP contribution in [0.1, 0.15) is 32.4 Å². The zero-order chi connectivity index (χ0) is 15.2. The first-order valence-electron chi connectivity index (χ1n) is 8.14. The minimum Gasteiger partial charge on any atom is -0.383 e. The van der Waals surface area contributed by atoms with Gasteiger partial charge in [0.25, 0.3) is 0 Å². The Morgan fingerprint density at radius 2 is 2.14 bits per heavy atom. The molecular weight excluding hydrogens is 264 g/mol. The molecule has 0 radical (unpaired) electrons. The molecule has 0 aromatic carbocycles. The lowest BCUT2D eigenvalue weighted by molar-refractivity contribution is 0.180. The number of nitrogens with zero attached hydrogens (tertiary/aromatic N) is 3. The molecule has 5 nitrogen and oxygen atoms in total. The standard InChI is InChI=1S/C16H30N4O/c1-5-19-8-6-15(7-9-19)11-20-10-13(2)17-16(20)18-14(3)12-21-4/h10,14-15H,5-9,11-12H2,1-4H3,(H,17,18). The molecule has 120 valence electrons. The third-order valence-electron chi connectivity index (χ3n) is 4.30. The fourth-order valence-corrected chi connectivity index (χ4v) is 3.08. The maximum absolute atomic E-state index is 5.19. The molecule has 1 saturated heterocycles. The van der Waals surface area contributed by atoms with Crippen LogP contribution >= 0.6 is 0 Å². The predicted molar refractivity (Wildman–Crippen MR) is 86.8 cm³/mol. The second-order valence-electron chi connectivity index (χ2n) is 6.24. The quantitative estimate of drug-likeness (QED) is 0.838. The summed E-state index contributed by atoms with van der Waals surface area (Å²) in [4.78, 5) is 7.15. The van der Waals surface area contributed by atoms with Crippen molar-refractivity contribution in [2.45, 2.75) is 46.2 Å². The Morgan fingerprint density at radius 1 is 1.43 bits per heavy atom. The Labute approximate surface area is 128 Å². The van der Waals surface area contributed by atoms with Gasteiger partial charge in [-0.2, -0.15) is 0 Å². The number of hydrogen-bond acceptors (Lipinski definition) is 4. The van der Waals surface area contributed by atoms with Crippen LogP contribution in [0.5, 0.6) is 0 Å². The van der Waals surface area contributed by atoms with Gasteiger partial charge in [0.1, 0.15) is 0 Å². The van der Waals surface area contributed by atoms with Crippen molar-refractivity contribution >= 4 is 5.95 Å². The minimum absolute atomic E-state index is 0.275. The number of imidazole rings is 1. The third kappa shape index (κ3) is 4.71. The number of aryl methyl sites for hydroxylation is 1. The highest BCUT2D eigenvalue weighted by atomic mass is 16.5. The number of rotatable bonds is 7. The zero-order valence-electron chi connectivity index (χ0n) is 13.9. The van der Waals surface area contributed by atoms with Crippen molar-refractivity contribution < 1.29 is 4.74 Å². The fraction of sp³-hybridized carbons (Fsp3) is 0.812. The molecule has 2 heterocycles. The molecule has 1 aliphatic rings. The van der Waals surface area contributed by atoms with E-state index in [4.69, 9.17) is 4.74 Å². The van der Waals surface area contributed by atoms with Gasteiger partial charge >= 0.3 is 0 Å². The van der Waals surface area contributed by atoms with Gasteiger partial charge in [-0.25, -0.2) is 4.98 Å². The smallest absolute Gasteiger partial charge is 0.203 e. The molecule has 1 aromatic heterocycles. The molecule has 5 heteroatoms. The molecule has 21 heavy (non-hydrogen) atoms. The van der Waals surface area contributed by atoms with E-state index in [1.807, 2.05) is 0 Å². The zero-order valence-corrected chi connectivity index (χ0v) is 13.9. The maximum Gasteiger partial charge on any atom is 0.203 e. The lowest BCUT2D eigenvalue weighted by Gasteiger charge is -2.31. The number of aromatic nitrogens is 2. The Morgan fingerprint density at radius 3 is 2.76 bits per heavy atom. The summed E-state index contributed by atoms with van der Waals surface area (Å²) in [7, 11) is 1.73. The molecule has 0 spiro atoms. The first-order chi connectivity index (χ1) is 10.1. The van der Waals surface area contributed by atoms with Crippen molar-refractivity contribution in [3.8, 4) is 0 Å². The van der Waals surface area contributed by atoms with E-state index in [0.717, 1.165) is 24.1 Å². The lowest BCUT2D eigenvalue weighted by Crippen LogP contribution is -2.35. The number of hydrogen-bond donors (Lipinski definition) is 1. The average Bonchev–Trinajstić information content (AvgIpc) is 2.79. The number of nitrogens with one attached hydrogen (secondary N) is 1. The monoisotopic (exact) mass is 294 g/mol. The van der Waals surface area contributed by atoms with Crippen molar-refractivity contribution in [3.05, 3.63) is 11.9 Å². The third-order valence-corrected chi connectivity index (χ3v) is 4.30. The number of methoxy groups -OCH3 is 1. The van der Waals surface area contributed by atoms with Crippen LogP contribution in [0.25, 0.3) is 0 Å². The van der Waals surface area contributed by atoms with Gasteiger partial charge < -0.3 is 19.5 Å². The molecule has 2 rings (SSSR count). The molecule has 1 atom stereocenters. The molecule has 1 fully saturated rings. The minimum atomic E-state index is 0.275. The second kappa shape index (κ2) is 7.80. The van der Waals surface area contributed by atoms with E-state index in [2.05, 4.69) is 46.7 Å². The van der Waals surface area contributed by atoms with Gasteiger partial charge in [0.05, 0.1) is 12.3 Å². The van der Waals surface area contributed by atoms with Crippen LogP contribution in [0.15, 0.2) is 6.20 Å². The van der Waals surface area contributed by atoms with Crippen LogP contribution in [-0.2, 0) is 11.3 Å². The highest BCUT2D eigenvalue weighted by molar-refractivity contribution is 5.30. The van der Waals surface area contributed by atoms with Gasteiger partial charge in [-0.1, -0.05) is 6.92 Å². The first-order valence-corrected chi connectivity index (χ1v) is 8.14. The molecule has 0 amide bonds. The van der Waals surface area contributed by atoms with E-state index in [1.54, 1.807) is 7.11 Å². The molecule has 0 aliphatic carbocycles. The number of piperidine rings is 1. The molecule has 0 bridgehead atoms. The Balaban J connectivity index is 1.93. The summed E-state index contributed by atoms with van der Waals surface area (Å²) in [6.07, 6.45) is 4.74. The molecule has 1 aromatic rings. The number of ether oxygens (including phenoxy) is 1. The molecule has 1 N–H and O–H groups in total. The number of anilines is 1. The van der Waals surface area contributed by atoms with E-state index in [0.29, 0.717) is 6.61 Å². The van der Waals surface area contributed by atoms with E-state index >= 15 is 0 Å². The van der Waals surface area contributed by atoms with Crippen LogP contribution in [0.2, 0.25) is 0 Å². The summed E-state index contributed by atoms with van der Waals surface area (Å²) < 4.78 is 7.48. The molecule has 1 aliphatic heterocycles. The van der Waals surface area contributed by atoms with Crippen molar-refractivity contribution in [1.82, 2.24) is 14.5 Å². The van der Waals surface area contributed by atoms with E-state index < -0.39 is 0 Å². The van der Waals surface area contributed by atoms with Crippen molar-refractivity contribution in [2.24, 2.45) is 5.92 Å². The van der Waals surface area contributed by atoms with Gasteiger partial charge in [-0.3, -0.25) is 0 Å². The Bertz CT molecular complexity index is 424. The van der Waals surface area contributed by atoms with E-state index in [-0.39, 0.29) is 6.04 Å². The normalized spacial score (nSPS) is 18.9. The Hall–Kier alpha value is -1.07. The summed E-state index contributed by atoms with van der Waals surface area (Å²) in [6, 6.07) is 0.275. The summed E-state index contributed by atoms with van der Waals surface area (Å²) in [6.45, 7) is 11.8. The second-order valence-corrected chi connectivity index (χ2v) is 6.24. The highest BCUT2D eigenvalue weighted by Crippen LogP contribution is 2.21. The van der Waals surface area contributed by atoms with Crippen LogP contribution in [-0.4, -0.2) is 53.8 Å². The van der Waals surface area contributed by atoms with Crippen molar-refractivity contribution in [2.75, 3.05) is 38.7 Å². The molecular formula is C16H30N4O. The summed E-state index contributed by atoms with van der Waals surface area (Å²) in [5.41, 5.74) is 1.08. The fourth-order valence-electron chi connectivity index (χ4n) is 3.08. The van der Waals surface area contributed by atoms with Crippen LogP contribution in [0.4, 0.5) is 5.95 Å². The first kappa shape index (κ1) is 16.3. The summed E-state index contributed by atoms with van der Waals surface area (Å²) in [5.74, 6) is 1.75. The lowest BCUT2D eigenvalue weighted by atomic mass is 9.97. The SMILES string of the molecule is CCN1CCC(Cn2cc(C)nc2NC(C)COC)CC1. The molecule has 0 saturated carbocycles. The van der Waals surface area contributed by atoms with Crippen molar-refractivity contribution in [3.63, 3.8) is 0 Å². The van der Waals surface area contributed by atoms with E-state index in [9.17, 15) is 0 Å². The van der Waals surface area contributed by atoms with Gasteiger partial charge in [0, 0.05) is 25.9 Å². The molecule has 1 unspecified atom stereocenters. The van der Waals surface area contributed by atoms with Gasteiger partial charge in [-0.05, 0) is 52.2 Å². The predicted octanol–water partition coefficient (Wildman–Crippen LogP) is 2.37. The van der Waals surface area contributed by atoms with Gasteiger partial charge in [-0.15, -0.1) is 0 Å². The largest absolute Gasteiger partial charge is 0.383 e. The van der Waals surface area contributed by atoms with Crippen LogP contribution in [0, 0.1) is 12.8 Å². The van der Waals surface area contributed by atoms with E-state index in [1.165, 1.54) is 32.5 Å². The highest BCUT2D eigenvalue weighted by Gasteiger charge is 2.20. The van der Waals surface area contributed by atoms with Gasteiger partial charge in [0.15, 0.2) is 0 Å². The average molecular weight is 294 g/mol. The maximum atomic E-state index is 5.19. The van der Waals surface area contributed by atoms with Crippen LogP contribution in [0.3, 0.4) is 0 Å². The summed E-state index contributed by atoms with van der Waals surface area (Å²) in [5, 5.41) is 3.46. The van der Waals surface area contributed by atoms with Crippen molar-refractivity contribution in [1.29, 1.82) is 0 Å². The topological polar surface area (TPSA) is 42.3 Å².